The van der Waals surface area contributed by atoms with Crippen LogP contribution in [0.4, 0.5) is 0 Å². The lowest BCUT2D eigenvalue weighted by Crippen LogP contribution is -2.82. The predicted octanol–water partition coefficient (Wildman–Crippen LogP) is 12.2. The third-order valence-electron chi connectivity index (χ3n) is 27.3. The maximum atomic E-state index is 16.4. The number of allylic oxidation sites excluding steroid dienone is 3. The standard InChI is InChI=1S/C81H101NO17/c1-45(2)53-32-38-79(40-39-76(12)54(63(53)79)30-31-58-75(11)36-34-60(95-47(4)83)73(7,8)57(75)33-37-77(58,76)13)72(91)97-65(64(50-24-18-15-19-25-50)82-70(89)51-26-20-16-21-27-51)55(86)35-41-93-56-43-81(92)69(98-71(90)52-28-22-17-23-29-52)67-78(14,59(87)42-61-80(67,44-94-61)99-49(6)85)68(88)66(96-48(5)84)62(46(56)3)74(81,9)10/h15-30,53,56-61,63-67,69,87,92H,1,31-44H2,2-14H3,(H,82,89)/t53-,56-,57?,58?,59-,60-,61?,63?,64?,65?,66+,67?,69-,75-,76+,77+,78+,79-,80-,81?/m0/s1. The second kappa shape index (κ2) is 25.7. The Morgan fingerprint density at radius 2 is 1.37 bits per heavy atom. The molecule has 12 rings (SSSR count). The Hall–Kier alpha value is -7.12. The summed E-state index contributed by atoms with van der Waals surface area (Å²) >= 11 is 0. The Morgan fingerprint density at radius 1 is 0.737 bits per heavy atom. The third-order valence-corrected chi connectivity index (χ3v) is 27.3. The van der Waals surface area contributed by atoms with E-state index in [0.717, 1.165) is 44.6 Å². The van der Waals surface area contributed by atoms with Crippen LogP contribution in [0.15, 0.2) is 126 Å². The zero-order valence-electron chi connectivity index (χ0n) is 59.9. The molecule has 532 valence electrons. The van der Waals surface area contributed by atoms with Crippen LogP contribution in [0.3, 0.4) is 0 Å². The third kappa shape index (κ3) is 11.2. The molecule has 1 aliphatic heterocycles. The van der Waals surface area contributed by atoms with Crippen molar-refractivity contribution >= 4 is 47.3 Å². The minimum absolute atomic E-state index is 0.0542. The van der Waals surface area contributed by atoms with Crippen molar-refractivity contribution < 1.29 is 81.7 Å². The van der Waals surface area contributed by atoms with Crippen molar-refractivity contribution in [3.05, 3.63) is 143 Å². The van der Waals surface area contributed by atoms with Gasteiger partial charge < -0.3 is 48.7 Å². The van der Waals surface area contributed by atoms with E-state index in [4.69, 9.17) is 33.2 Å². The number of carbonyl (C=O) groups is 8. The van der Waals surface area contributed by atoms with Crippen molar-refractivity contribution in [1.82, 2.24) is 5.32 Å². The molecule has 6 saturated carbocycles. The summed E-state index contributed by atoms with van der Waals surface area (Å²) in [5.41, 5.74) is -6.08. The molecule has 8 unspecified atom stereocenters. The fourth-order valence-corrected chi connectivity index (χ4v) is 22.0. The number of benzene rings is 3. The van der Waals surface area contributed by atoms with Crippen LogP contribution < -0.4 is 5.32 Å². The molecular formula is C81H101NO17. The van der Waals surface area contributed by atoms with E-state index >= 15 is 14.4 Å². The van der Waals surface area contributed by atoms with E-state index in [1.165, 1.54) is 38.5 Å². The molecule has 8 aliphatic carbocycles. The number of ketones is 2. The minimum Gasteiger partial charge on any atom is -0.462 e. The number of ether oxygens (including phenoxy) is 7. The zero-order valence-corrected chi connectivity index (χ0v) is 59.9. The number of Topliss-reactive ketones (excluding diaryl/α,β-unsaturated/α-hetero) is 2. The van der Waals surface area contributed by atoms with Crippen LogP contribution >= 0.6 is 0 Å². The molecule has 18 heteroatoms. The number of carbonyl (C=O) groups excluding carboxylic acids is 8. The van der Waals surface area contributed by atoms with Crippen molar-refractivity contribution in [3.8, 4) is 0 Å². The van der Waals surface area contributed by atoms with Gasteiger partial charge in [0, 0.05) is 62.3 Å². The maximum Gasteiger partial charge on any atom is 0.338 e. The number of rotatable bonds is 17. The predicted molar refractivity (Wildman–Crippen MR) is 366 cm³/mol. The molecule has 3 aromatic carbocycles. The first-order valence-electron chi connectivity index (χ1n) is 35.8. The Morgan fingerprint density at radius 3 is 1.98 bits per heavy atom. The molecule has 1 saturated heterocycles. The van der Waals surface area contributed by atoms with E-state index in [1.807, 2.05) is 13.0 Å². The number of aliphatic hydroxyl groups excluding tert-OH is 1. The largest absolute Gasteiger partial charge is 0.462 e. The summed E-state index contributed by atoms with van der Waals surface area (Å²) in [6.45, 7) is 28.1. The van der Waals surface area contributed by atoms with E-state index in [2.05, 4.69) is 52.6 Å². The van der Waals surface area contributed by atoms with Crippen LogP contribution in [0.25, 0.3) is 0 Å². The summed E-state index contributed by atoms with van der Waals surface area (Å²) in [6.07, 6.45) is -0.941. The van der Waals surface area contributed by atoms with Crippen molar-refractivity contribution in [3.63, 3.8) is 0 Å². The highest BCUT2D eigenvalue weighted by Crippen LogP contribution is 2.77. The van der Waals surface area contributed by atoms with Crippen LogP contribution in [0, 0.1) is 67.5 Å². The SMILES string of the molecule is C=C(C)[C@@H]1CC[C@]2(C(=O)OC(C(=O)CCO[C@H]3CC4(O)[C@@H](OC(=O)c5ccccc5)C5[C@]6(OC(C)=O)COC6C[C@H](O)[C@@]5(C)C(=O)[C@H](OC(C)=O)C(=C3C)C4(C)C)C(NC(=O)c3ccccc3)c3ccccc3)CC[C@]3(C)C(=CCC4[C@@]5(C)CC[C@H](OC(C)=O)C(C)(C)C5CC[C@]43C)C12. The molecule has 0 aromatic heterocycles. The number of esters is 5. The van der Waals surface area contributed by atoms with Crippen molar-refractivity contribution in [2.45, 2.75) is 227 Å². The van der Waals surface area contributed by atoms with Crippen LogP contribution in [-0.4, -0.2) is 125 Å². The fourth-order valence-electron chi connectivity index (χ4n) is 22.0. The quantitative estimate of drug-likeness (QED) is 0.0645. The molecule has 1 heterocycles. The molecule has 20 atom stereocenters. The highest BCUT2D eigenvalue weighted by atomic mass is 16.6. The summed E-state index contributed by atoms with van der Waals surface area (Å²) < 4.78 is 44.9. The Bertz CT molecular complexity index is 3800. The second-order valence-electron chi connectivity index (χ2n) is 32.8. The number of nitrogens with one attached hydrogen (secondary N) is 1. The fraction of sp³-hybridized carbons (Fsp3) is 0.605. The highest BCUT2D eigenvalue weighted by molar-refractivity contribution is 5.97. The Balaban J connectivity index is 0.914. The molecule has 0 spiro atoms. The van der Waals surface area contributed by atoms with Gasteiger partial charge in [-0.05, 0) is 154 Å². The van der Waals surface area contributed by atoms with Gasteiger partial charge in [0.1, 0.15) is 23.9 Å². The molecule has 1 amide bonds. The van der Waals surface area contributed by atoms with Crippen LogP contribution in [0.2, 0.25) is 0 Å². The molecule has 9 aliphatic rings. The summed E-state index contributed by atoms with van der Waals surface area (Å²) in [6, 6.07) is 24.3. The number of fused-ring (bicyclic) bond motifs is 12. The molecule has 18 nitrogen and oxygen atoms in total. The van der Waals surface area contributed by atoms with Gasteiger partial charge in [0.2, 0.25) is 0 Å². The summed E-state index contributed by atoms with van der Waals surface area (Å²) in [4.78, 5) is 117. The average Bonchev–Trinajstić information content (AvgIpc) is 1.36. The lowest BCUT2D eigenvalue weighted by Gasteiger charge is -2.70. The highest BCUT2D eigenvalue weighted by Gasteiger charge is 2.79. The molecule has 3 N–H and O–H groups in total. The van der Waals surface area contributed by atoms with E-state index in [9.17, 15) is 34.2 Å². The van der Waals surface area contributed by atoms with E-state index in [1.54, 1.807) is 93.6 Å². The van der Waals surface area contributed by atoms with E-state index in [0.29, 0.717) is 54.2 Å². The van der Waals surface area contributed by atoms with E-state index < -0.39 is 130 Å². The van der Waals surface area contributed by atoms with Crippen LogP contribution in [0.1, 0.15) is 199 Å². The first kappa shape index (κ1) is 71.7. The number of hydrogen-bond acceptors (Lipinski definition) is 17. The number of hydrogen-bond donors (Lipinski definition) is 3. The van der Waals surface area contributed by atoms with Gasteiger partial charge in [0.05, 0.1) is 53.8 Å². The monoisotopic (exact) mass is 1360 g/mol. The summed E-state index contributed by atoms with van der Waals surface area (Å²) in [5.74, 6) is -6.52. The lowest BCUT2D eigenvalue weighted by atomic mass is 9.34. The molecule has 0 radical (unpaired) electrons. The van der Waals surface area contributed by atoms with Gasteiger partial charge in [0.15, 0.2) is 29.4 Å². The molecule has 3 aromatic rings. The Kier molecular flexibility index (Phi) is 18.6. The second-order valence-corrected chi connectivity index (χ2v) is 32.8. The summed E-state index contributed by atoms with van der Waals surface area (Å²) in [7, 11) is 0. The molecular weight excluding hydrogens is 1260 g/mol. The first-order chi connectivity index (χ1) is 46.6. The average molecular weight is 1360 g/mol. The van der Waals surface area contributed by atoms with Crippen LogP contribution in [0.5, 0.6) is 0 Å². The van der Waals surface area contributed by atoms with Gasteiger partial charge in [-0.2, -0.15) is 0 Å². The lowest BCUT2D eigenvalue weighted by molar-refractivity contribution is -0.346. The molecule has 99 heavy (non-hydrogen) atoms. The minimum atomic E-state index is -2.32. The topological polar surface area (TPSA) is 254 Å². The van der Waals surface area contributed by atoms with Gasteiger partial charge in [0.25, 0.3) is 5.91 Å². The normalized spacial score (nSPS) is 38.1. The van der Waals surface area contributed by atoms with Crippen molar-refractivity contribution in [1.29, 1.82) is 0 Å². The van der Waals surface area contributed by atoms with Gasteiger partial charge in [-0.3, -0.25) is 33.6 Å². The van der Waals surface area contributed by atoms with Crippen molar-refractivity contribution in [2.75, 3.05) is 13.2 Å². The van der Waals surface area contributed by atoms with Gasteiger partial charge in [-0.15, -0.1) is 0 Å². The van der Waals surface area contributed by atoms with Crippen LogP contribution in [-0.2, 0) is 61.9 Å². The number of amides is 1. The van der Waals surface area contributed by atoms with Gasteiger partial charge >= 0.3 is 29.8 Å². The van der Waals surface area contributed by atoms with E-state index in [-0.39, 0.29) is 76.2 Å². The molecule has 2 bridgehead atoms. The molecule has 7 fully saturated rings. The smallest absolute Gasteiger partial charge is 0.338 e. The Labute approximate surface area is 582 Å². The van der Waals surface area contributed by atoms with Gasteiger partial charge in [-0.1, -0.05) is 139 Å². The first-order valence-corrected chi connectivity index (χ1v) is 35.8. The number of aliphatic hydroxyl groups is 2. The maximum absolute atomic E-state index is 16.4. The van der Waals surface area contributed by atoms with Gasteiger partial charge in [-0.25, -0.2) is 4.79 Å². The van der Waals surface area contributed by atoms with Crippen molar-refractivity contribution in [2.24, 2.45) is 67.5 Å². The zero-order chi connectivity index (χ0) is 71.5. The summed E-state index contributed by atoms with van der Waals surface area (Å²) in [5, 5.41) is 29.8.